The fourth-order valence-electron chi connectivity index (χ4n) is 4.40. The molecule has 4 aromatic rings. The molecule has 1 saturated heterocycles. The molecule has 5 rings (SSSR count). The van der Waals surface area contributed by atoms with Crippen molar-refractivity contribution >= 4 is 0 Å². The van der Waals surface area contributed by atoms with E-state index >= 15 is 8.78 Å². The summed E-state index contributed by atoms with van der Waals surface area (Å²) in [6, 6.07) is 19.2. The molecule has 2 unspecified atom stereocenters. The Morgan fingerprint density at radius 1 is 0.789 bits per heavy atom. The Morgan fingerprint density at radius 2 is 1.37 bits per heavy atom. The largest absolute Gasteiger partial charge is 0.486 e. The minimum Gasteiger partial charge on any atom is -0.486 e. The van der Waals surface area contributed by atoms with Crippen molar-refractivity contribution in [3.63, 3.8) is 0 Å². The molecule has 1 N–H and O–H groups in total. The molecule has 0 radical (unpaired) electrons. The summed E-state index contributed by atoms with van der Waals surface area (Å²) in [5.74, 6) is -4.20. The minimum atomic E-state index is -1.07. The molecule has 1 aliphatic heterocycles. The lowest BCUT2D eigenvalue weighted by Gasteiger charge is -2.13. The summed E-state index contributed by atoms with van der Waals surface area (Å²) in [6.45, 7) is 2.31. The van der Waals surface area contributed by atoms with E-state index in [-0.39, 0.29) is 29.0 Å². The minimum absolute atomic E-state index is 0.0331. The maximum Gasteiger partial charge on any atom is 0.201 e. The molecule has 0 bridgehead atoms. The highest BCUT2D eigenvalue weighted by molar-refractivity contribution is 5.72. The molecule has 2 atom stereocenters. The third kappa shape index (κ3) is 5.30. The number of rotatable bonds is 9. The van der Waals surface area contributed by atoms with Crippen LogP contribution >= 0.6 is 0 Å². The Labute approximate surface area is 218 Å². The van der Waals surface area contributed by atoms with Gasteiger partial charge in [0.15, 0.2) is 23.2 Å². The maximum atomic E-state index is 15.1. The lowest BCUT2D eigenvalue weighted by atomic mass is 9.96. The highest BCUT2D eigenvalue weighted by Gasteiger charge is 2.30. The van der Waals surface area contributed by atoms with E-state index in [4.69, 9.17) is 9.47 Å². The SMILES string of the molecule is CCCC(O)c1ccc(-c2ccc(-c3ccc(COc4ccc(C5CO5)c(F)c4F)cc3)c(F)c2F)cc1. The van der Waals surface area contributed by atoms with Crippen molar-refractivity contribution in [3.05, 3.63) is 113 Å². The summed E-state index contributed by atoms with van der Waals surface area (Å²) in [6.07, 6.45) is 0.465. The van der Waals surface area contributed by atoms with E-state index in [1.165, 1.54) is 24.3 Å². The van der Waals surface area contributed by atoms with Crippen LogP contribution in [0, 0.1) is 23.3 Å². The maximum absolute atomic E-state index is 15.1. The average molecular weight is 523 g/mol. The molecule has 7 heteroatoms. The van der Waals surface area contributed by atoms with E-state index in [2.05, 4.69) is 0 Å². The van der Waals surface area contributed by atoms with Crippen LogP contribution < -0.4 is 4.74 Å². The van der Waals surface area contributed by atoms with Gasteiger partial charge in [-0.05, 0) is 40.8 Å². The Morgan fingerprint density at radius 3 is 1.92 bits per heavy atom. The summed E-state index contributed by atoms with van der Waals surface area (Å²) in [5.41, 5.74) is 2.74. The number of aliphatic hydroxyl groups excluding tert-OH is 1. The van der Waals surface area contributed by atoms with Gasteiger partial charge >= 0.3 is 0 Å². The summed E-state index contributed by atoms with van der Waals surface area (Å²) in [4.78, 5) is 0. The van der Waals surface area contributed by atoms with E-state index in [9.17, 15) is 13.9 Å². The molecule has 0 saturated carbocycles. The van der Waals surface area contributed by atoms with Gasteiger partial charge in [-0.15, -0.1) is 0 Å². The predicted molar refractivity (Wildman–Crippen MR) is 136 cm³/mol. The molecule has 3 nitrogen and oxygen atoms in total. The van der Waals surface area contributed by atoms with E-state index in [1.54, 1.807) is 48.5 Å². The van der Waals surface area contributed by atoms with Crippen LogP contribution in [0.2, 0.25) is 0 Å². The summed E-state index contributed by atoms with van der Waals surface area (Å²) in [5, 5.41) is 10.1. The summed E-state index contributed by atoms with van der Waals surface area (Å²) >= 11 is 0. The first-order valence-corrected chi connectivity index (χ1v) is 12.4. The van der Waals surface area contributed by atoms with E-state index in [0.717, 1.165) is 12.0 Å². The van der Waals surface area contributed by atoms with Crippen molar-refractivity contribution in [2.24, 2.45) is 0 Å². The lowest BCUT2D eigenvalue weighted by molar-refractivity contribution is 0.166. The standard InChI is InChI=1S/C31H26F4O3/c1-2-3-25(36)21-10-8-20(9-11-21)23-13-12-22(28(32)29(23)33)19-6-4-18(5-7-19)16-37-26-15-14-24(27-17-38-27)30(34)31(26)35/h4-15,25,27,36H,2-3,16-17H2,1H3. The molecule has 1 fully saturated rings. The van der Waals surface area contributed by atoms with Gasteiger partial charge in [0.1, 0.15) is 12.7 Å². The zero-order valence-corrected chi connectivity index (χ0v) is 20.7. The van der Waals surface area contributed by atoms with Crippen LogP contribution in [0.5, 0.6) is 5.75 Å². The second-order valence-electron chi connectivity index (χ2n) is 9.30. The molecule has 38 heavy (non-hydrogen) atoms. The van der Waals surface area contributed by atoms with Gasteiger partial charge in [0.05, 0.1) is 12.7 Å². The van der Waals surface area contributed by atoms with Gasteiger partial charge in [-0.1, -0.05) is 74.0 Å². The average Bonchev–Trinajstić information content (AvgIpc) is 3.77. The monoisotopic (exact) mass is 522 g/mol. The molecule has 196 valence electrons. The molecule has 0 aliphatic carbocycles. The van der Waals surface area contributed by atoms with Crippen molar-refractivity contribution in [2.75, 3.05) is 6.61 Å². The Kier molecular flexibility index (Phi) is 7.49. The van der Waals surface area contributed by atoms with Crippen molar-refractivity contribution in [2.45, 2.75) is 38.6 Å². The van der Waals surface area contributed by atoms with E-state index in [0.29, 0.717) is 29.7 Å². The fraction of sp³-hybridized carbons (Fsp3) is 0.226. The first-order valence-electron chi connectivity index (χ1n) is 12.4. The van der Waals surface area contributed by atoms with Crippen LogP contribution in [-0.2, 0) is 11.3 Å². The normalized spacial score (nSPS) is 15.4. The molecular formula is C31H26F4O3. The predicted octanol–water partition coefficient (Wildman–Crippen LogP) is 8.06. The van der Waals surface area contributed by atoms with Gasteiger partial charge < -0.3 is 14.6 Å². The second-order valence-corrected chi connectivity index (χ2v) is 9.30. The summed E-state index contributed by atoms with van der Waals surface area (Å²) < 4.78 is 69.1. The van der Waals surface area contributed by atoms with Crippen LogP contribution in [0.25, 0.3) is 22.3 Å². The van der Waals surface area contributed by atoms with Crippen molar-refractivity contribution in [1.29, 1.82) is 0 Å². The highest BCUT2D eigenvalue weighted by atomic mass is 19.2. The molecule has 4 aromatic carbocycles. The van der Waals surface area contributed by atoms with Gasteiger partial charge in [0.25, 0.3) is 0 Å². The third-order valence-electron chi connectivity index (χ3n) is 6.67. The first kappa shape index (κ1) is 25.9. The number of hydrogen-bond acceptors (Lipinski definition) is 3. The highest BCUT2D eigenvalue weighted by Crippen LogP contribution is 2.36. The Balaban J connectivity index is 1.29. The smallest absolute Gasteiger partial charge is 0.201 e. The van der Waals surface area contributed by atoms with Crippen LogP contribution in [0.4, 0.5) is 17.6 Å². The van der Waals surface area contributed by atoms with Crippen LogP contribution in [0.15, 0.2) is 72.8 Å². The quantitative estimate of drug-likeness (QED) is 0.179. The second kappa shape index (κ2) is 11.0. The molecule has 1 heterocycles. The number of hydrogen-bond donors (Lipinski definition) is 1. The van der Waals surface area contributed by atoms with Gasteiger partial charge in [-0.2, -0.15) is 4.39 Å². The zero-order chi connectivity index (χ0) is 26.8. The Hall–Kier alpha value is -3.68. The fourth-order valence-corrected chi connectivity index (χ4v) is 4.40. The lowest BCUT2D eigenvalue weighted by Crippen LogP contribution is -2.01. The topological polar surface area (TPSA) is 42.0 Å². The number of epoxide rings is 1. The first-order chi connectivity index (χ1) is 18.4. The van der Waals surface area contributed by atoms with Crippen molar-refractivity contribution < 1.29 is 32.1 Å². The van der Waals surface area contributed by atoms with Gasteiger partial charge in [0, 0.05) is 16.7 Å². The van der Waals surface area contributed by atoms with Crippen LogP contribution in [0.1, 0.15) is 48.7 Å². The molecule has 0 spiro atoms. The van der Waals surface area contributed by atoms with Gasteiger partial charge in [-0.25, -0.2) is 13.2 Å². The molecular weight excluding hydrogens is 496 g/mol. The molecule has 0 amide bonds. The summed E-state index contributed by atoms with van der Waals surface area (Å²) in [7, 11) is 0. The zero-order valence-electron chi connectivity index (χ0n) is 20.7. The Bertz CT molecular complexity index is 1430. The number of benzene rings is 4. The van der Waals surface area contributed by atoms with Crippen molar-refractivity contribution in [1.82, 2.24) is 0 Å². The van der Waals surface area contributed by atoms with Gasteiger partial charge in [0.2, 0.25) is 5.82 Å². The van der Waals surface area contributed by atoms with Gasteiger partial charge in [-0.3, -0.25) is 0 Å². The van der Waals surface area contributed by atoms with E-state index in [1.807, 2.05) is 6.92 Å². The van der Waals surface area contributed by atoms with Crippen molar-refractivity contribution in [3.8, 4) is 28.0 Å². The number of aliphatic hydroxyl groups is 1. The van der Waals surface area contributed by atoms with Crippen LogP contribution in [0.3, 0.4) is 0 Å². The number of halogens is 4. The molecule has 1 aliphatic rings. The number of ether oxygens (including phenoxy) is 2. The molecule has 0 aromatic heterocycles. The van der Waals surface area contributed by atoms with E-state index < -0.39 is 35.5 Å². The third-order valence-corrected chi connectivity index (χ3v) is 6.67. The van der Waals surface area contributed by atoms with Crippen LogP contribution in [-0.4, -0.2) is 11.7 Å².